The van der Waals surface area contributed by atoms with Gasteiger partial charge >= 0.3 is 0 Å². The second-order valence-electron chi connectivity index (χ2n) is 8.18. The highest BCUT2D eigenvalue weighted by molar-refractivity contribution is 7.89. The van der Waals surface area contributed by atoms with Crippen LogP contribution in [0.3, 0.4) is 0 Å². The maximum Gasteiger partial charge on any atom is 0.255 e. The van der Waals surface area contributed by atoms with Crippen LogP contribution in [0.4, 0.5) is 5.82 Å². The zero-order chi connectivity index (χ0) is 17.3. The molecule has 1 aromatic rings. The van der Waals surface area contributed by atoms with Crippen molar-refractivity contribution in [3.63, 3.8) is 0 Å². The van der Waals surface area contributed by atoms with Crippen molar-refractivity contribution >= 4 is 23.9 Å². The molecule has 0 bridgehead atoms. The van der Waals surface area contributed by atoms with Crippen molar-refractivity contribution in [1.82, 2.24) is 4.98 Å². The predicted octanol–water partition coefficient (Wildman–Crippen LogP) is 3.43. The number of hydrogen-bond donors (Lipinski definition) is 2. The molecule has 1 saturated carbocycles. The molecule has 7 heteroatoms. The van der Waals surface area contributed by atoms with E-state index in [1.165, 1.54) is 25.3 Å². The number of aromatic nitrogens is 1. The molecule has 0 aromatic carbocycles. The summed E-state index contributed by atoms with van der Waals surface area (Å²) in [6.45, 7) is 10.5. The minimum Gasteiger partial charge on any atom is -0.370 e. The number of hydrogen-bond acceptors (Lipinski definition) is 4. The lowest BCUT2D eigenvalue weighted by atomic mass is 9.92. The van der Waals surface area contributed by atoms with Gasteiger partial charge in [-0.05, 0) is 42.0 Å². The molecule has 1 atom stereocenters. The van der Waals surface area contributed by atoms with E-state index in [-0.39, 0.29) is 5.03 Å². The van der Waals surface area contributed by atoms with Gasteiger partial charge in [0.1, 0.15) is 5.82 Å². The van der Waals surface area contributed by atoms with Gasteiger partial charge in [0.15, 0.2) is 5.03 Å². The predicted molar refractivity (Wildman–Crippen MR) is 97.8 cm³/mol. The van der Waals surface area contributed by atoms with Crippen molar-refractivity contribution in [1.29, 1.82) is 0 Å². The summed E-state index contributed by atoms with van der Waals surface area (Å²) in [6.07, 6.45) is 4.02. The lowest BCUT2D eigenvalue weighted by molar-refractivity contribution is 0.381. The first-order valence-corrected chi connectivity index (χ1v) is 13.1. The average molecular weight is 356 g/mol. The number of rotatable bonds is 6. The van der Waals surface area contributed by atoms with Crippen LogP contribution in [-0.4, -0.2) is 28.0 Å². The first kappa shape index (κ1) is 18.4. The zero-order valence-electron chi connectivity index (χ0n) is 14.6. The van der Waals surface area contributed by atoms with Crippen LogP contribution in [0.25, 0.3) is 0 Å². The molecule has 130 valence electrons. The van der Waals surface area contributed by atoms with Crippen molar-refractivity contribution in [3.05, 3.63) is 18.2 Å². The number of nitrogens with two attached hydrogens (primary N) is 1. The number of primary sulfonamides is 1. The van der Waals surface area contributed by atoms with Crippen LogP contribution < -0.4 is 10.5 Å². The molecule has 0 aliphatic heterocycles. The normalized spacial score (nSPS) is 21.3. The quantitative estimate of drug-likeness (QED) is 0.766. The minimum atomic E-state index is -3.75. The average Bonchev–Trinajstić information content (AvgIpc) is 2.79. The van der Waals surface area contributed by atoms with E-state index >= 15 is 0 Å². The van der Waals surface area contributed by atoms with E-state index in [2.05, 4.69) is 37.2 Å². The molecule has 1 aliphatic carbocycles. The summed E-state index contributed by atoms with van der Waals surface area (Å²) in [7, 11) is -5.04. The highest BCUT2D eigenvalue weighted by Crippen LogP contribution is 2.49. The Hall–Kier alpha value is -0.923. The van der Waals surface area contributed by atoms with Gasteiger partial charge in [-0.3, -0.25) is 0 Å². The second-order valence-corrected chi connectivity index (χ2v) is 15.0. The van der Waals surface area contributed by atoms with Crippen LogP contribution in [-0.2, 0) is 10.0 Å². The summed E-state index contributed by atoms with van der Waals surface area (Å²) in [6, 6.07) is 6.02. The molecule has 1 unspecified atom stereocenters. The van der Waals surface area contributed by atoms with E-state index < -0.39 is 18.1 Å². The molecule has 2 rings (SSSR count). The van der Waals surface area contributed by atoms with Gasteiger partial charge in [-0.15, -0.1) is 0 Å². The number of sulfonamides is 1. The number of anilines is 1. The van der Waals surface area contributed by atoms with E-state index in [0.29, 0.717) is 11.2 Å². The van der Waals surface area contributed by atoms with Crippen molar-refractivity contribution in [3.8, 4) is 0 Å². The Morgan fingerprint density at radius 3 is 2.65 bits per heavy atom. The Bertz CT molecular complexity index is 659. The molecule has 5 nitrogen and oxygen atoms in total. The molecule has 1 heterocycles. The Labute approximate surface area is 141 Å². The van der Waals surface area contributed by atoms with E-state index in [9.17, 15) is 8.42 Å². The first-order valence-electron chi connectivity index (χ1n) is 8.23. The highest BCUT2D eigenvalue weighted by Gasteiger charge is 2.40. The van der Waals surface area contributed by atoms with Gasteiger partial charge in [-0.2, -0.15) is 0 Å². The summed E-state index contributed by atoms with van der Waals surface area (Å²) < 4.78 is 22.7. The number of nitrogens with zero attached hydrogens (tertiary/aromatic N) is 1. The van der Waals surface area contributed by atoms with Gasteiger partial charge in [0, 0.05) is 6.54 Å². The first-order chi connectivity index (χ1) is 10.5. The van der Waals surface area contributed by atoms with Gasteiger partial charge in [0.25, 0.3) is 10.0 Å². The minimum absolute atomic E-state index is 0.0865. The highest BCUT2D eigenvalue weighted by atomic mass is 32.2. The molecule has 1 fully saturated rings. The molecular formula is C16H29N3O2SSi. The Morgan fingerprint density at radius 1 is 1.39 bits per heavy atom. The maximum absolute atomic E-state index is 11.3. The summed E-state index contributed by atoms with van der Waals surface area (Å²) in [4.78, 5) is 4.08. The second kappa shape index (κ2) is 6.53. The van der Waals surface area contributed by atoms with Gasteiger partial charge in [0.2, 0.25) is 0 Å². The van der Waals surface area contributed by atoms with Crippen LogP contribution in [0.2, 0.25) is 24.7 Å². The molecule has 0 amide bonds. The third-order valence-electron chi connectivity index (χ3n) is 5.16. The van der Waals surface area contributed by atoms with Crippen LogP contribution in [0.1, 0.15) is 33.1 Å². The van der Waals surface area contributed by atoms with Crippen molar-refractivity contribution < 1.29 is 8.42 Å². The van der Waals surface area contributed by atoms with E-state index in [4.69, 9.17) is 5.14 Å². The van der Waals surface area contributed by atoms with Crippen LogP contribution in [0.5, 0.6) is 0 Å². The van der Waals surface area contributed by atoms with Gasteiger partial charge in [-0.25, -0.2) is 18.5 Å². The Balaban J connectivity index is 1.92. The number of pyridine rings is 1. The fourth-order valence-electron chi connectivity index (χ4n) is 3.49. The van der Waals surface area contributed by atoms with Crippen molar-refractivity contribution in [2.45, 2.75) is 62.8 Å². The molecule has 1 aromatic heterocycles. The van der Waals surface area contributed by atoms with E-state index in [1.54, 1.807) is 12.1 Å². The zero-order valence-corrected chi connectivity index (χ0v) is 16.4. The van der Waals surface area contributed by atoms with E-state index in [0.717, 1.165) is 18.1 Å². The van der Waals surface area contributed by atoms with Crippen LogP contribution in [0.15, 0.2) is 23.2 Å². The van der Waals surface area contributed by atoms with Crippen molar-refractivity contribution in [2.75, 3.05) is 11.9 Å². The SMILES string of the molecule is CC1(C)CCC([Si](C)(C)CCNc2cccc(S(N)(=O)=O)n2)C1. The molecule has 0 radical (unpaired) electrons. The fourth-order valence-corrected chi connectivity index (χ4v) is 7.19. The Kier molecular flexibility index (Phi) is 5.23. The topological polar surface area (TPSA) is 85.1 Å². The van der Waals surface area contributed by atoms with Gasteiger partial charge in [-0.1, -0.05) is 39.4 Å². The van der Waals surface area contributed by atoms with Crippen molar-refractivity contribution in [2.24, 2.45) is 10.6 Å². The number of nitrogens with one attached hydrogen (secondary N) is 1. The third-order valence-corrected chi connectivity index (χ3v) is 10.2. The molecule has 0 saturated heterocycles. The fraction of sp³-hybridized carbons (Fsp3) is 0.688. The molecule has 23 heavy (non-hydrogen) atoms. The summed E-state index contributed by atoms with van der Waals surface area (Å²) in [5, 5.41) is 8.30. The lowest BCUT2D eigenvalue weighted by Crippen LogP contribution is -2.34. The molecule has 3 N–H and O–H groups in total. The standard InChI is InChI=1S/C16H29N3O2SSi/c1-16(2)9-8-13(12-16)23(3,4)11-10-18-14-6-5-7-15(19-14)22(17,20)21/h5-7,13H,8-12H2,1-4H3,(H,18,19)(H2,17,20,21). The molecule has 1 aliphatic rings. The molecular weight excluding hydrogens is 326 g/mol. The largest absolute Gasteiger partial charge is 0.370 e. The smallest absolute Gasteiger partial charge is 0.255 e. The summed E-state index contributed by atoms with van der Waals surface area (Å²) in [5.41, 5.74) is 1.37. The summed E-state index contributed by atoms with van der Waals surface area (Å²) >= 11 is 0. The maximum atomic E-state index is 11.3. The lowest BCUT2D eigenvalue weighted by Gasteiger charge is -2.31. The van der Waals surface area contributed by atoms with Gasteiger partial charge in [0.05, 0.1) is 8.07 Å². The van der Waals surface area contributed by atoms with Crippen LogP contribution in [0, 0.1) is 5.41 Å². The summed E-state index contributed by atoms with van der Waals surface area (Å²) in [5.74, 6) is 0.577. The molecule has 0 spiro atoms. The monoisotopic (exact) mass is 355 g/mol. The third kappa shape index (κ3) is 5.02. The van der Waals surface area contributed by atoms with Gasteiger partial charge < -0.3 is 5.32 Å². The van der Waals surface area contributed by atoms with E-state index in [1.807, 2.05) is 0 Å². The van der Waals surface area contributed by atoms with Crippen LogP contribution >= 0.6 is 0 Å². The Morgan fingerprint density at radius 2 is 2.09 bits per heavy atom.